The maximum Gasteiger partial charge on any atom is 0.197 e. The highest BCUT2D eigenvalue weighted by atomic mass is 16.3. The summed E-state index contributed by atoms with van der Waals surface area (Å²) in [5.74, 6) is 0.485. The standard InChI is InChI=1S/C24H42N2O2/c1-3-5-6-7-8-9-10-11-12-13-14-15-16-17-18-19-22(27)24-25-20-21-26(24)23(28)4-2/h4,11-12,23,28H,2-3,5-10,13-21H2,1H3. The highest BCUT2D eigenvalue weighted by molar-refractivity contribution is 6.39. The van der Waals surface area contributed by atoms with Crippen LogP contribution in [0.1, 0.15) is 96.8 Å². The van der Waals surface area contributed by atoms with E-state index in [-0.39, 0.29) is 5.78 Å². The Morgan fingerprint density at radius 3 is 2.21 bits per heavy atom. The first-order valence-corrected chi connectivity index (χ1v) is 11.5. The van der Waals surface area contributed by atoms with Gasteiger partial charge in [0.1, 0.15) is 6.23 Å². The normalized spacial score (nSPS) is 15.2. The molecule has 0 bridgehead atoms. The van der Waals surface area contributed by atoms with Crippen LogP contribution < -0.4 is 0 Å². The molecule has 4 heteroatoms. The van der Waals surface area contributed by atoms with Crippen LogP contribution in [0.25, 0.3) is 0 Å². The average molecular weight is 391 g/mol. The first-order chi connectivity index (χ1) is 13.7. The molecule has 0 amide bonds. The lowest BCUT2D eigenvalue weighted by atomic mass is 10.1. The van der Waals surface area contributed by atoms with Gasteiger partial charge in [0.15, 0.2) is 11.6 Å². The lowest BCUT2D eigenvalue weighted by Gasteiger charge is -2.22. The van der Waals surface area contributed by atoms with E-state index in [9.17, 15) is 9.90 Å². The molecular weight excluding hydrogens is 348 g/mol. The van der Waals surface area contributed by atoms with Gasteiger partial charge < -0.3 is 10.0 Å². The molecule has 0 aliphatic carbocycles. The minimum atomic E-state index is -0.806. The van der Waals surface area contributed by atoms with Crippen LogP contribution in [0.4, 0.5) is 0 Å². The van der Waals surface area contributed by atoms with Crippen molar-refractivity contribution in [3.05, 3.63) is 24.8 Å². The molecule has 1 rings (SSSR count). The maximum absolute atomic E-state index is 12.3. The number of carbonyl (C=O) groups is 1. The molecule has 1 unspecified atom stereocenters. The molecule has 1 aliphatic heterocycles. The predicted octanol–water partition coefficient (Wildman–Crippen LogP) is 5.81. The van der Waals surface area contributed by atoms with E-state index in [1.807, 2.05) is 0 Å². The zero-order valence-corrected chi connectivity index (χ0v) is 18.1. The van der Waals surface area contributed by atoms with Crippen molar-refractivity contribution in [2.75, 3.05) is 13.1 Å². The number of rotatable bonds is 18. The number of ketones is 1. The van der Waals surface area contributed by atoms with E-state index in [4.69, 9.17) is 0 Å². The molecule has 1 aliphatic rings. The molecule has 28 heavy (non-hydrogen) atoms. The third-order valence-corrected chi connectivity index (χ3v) is 5.32. The monoisotopic (exact) mass is 390 g/mol. The second-order valence-corrected chi connectivity index (χ2v) is 7.81. The molecular formula is C24H42N2O2. The van der Waals surface area contributed by atoms with E-state index in [0.717, 1.165) is 12.8 Å². The Morgan fingerprint density at radius 2 is 1.61 bits per heavy atom. The van der Waals surface area contributed by atoms with Gasteiger partial charge in [0.2, 0.25) is 0 Å². The summed E-state index contributed by atoms with van der Waals surface area (Å²) in [7, 11) is 0. The molecule has 0 aromatic rings. The van der Waals surface area contributed by atoms with Gasteiger partial charge in [-0.2, -0.15) is 0 Å². The Labute approximate surface area is 172 Å². The van der Waals surface area contributed by atoms with E-state index in [0.29, 0.717) is 25.3 Å². The molecule has 0 aromatic heterocycles. The smallest absolute Gasteiger partial charge is 0.197 e. The number of nitrogens with zero attached hydrogens (tertiary/aromatic N) is 2. The van der Waals surface area contributed by atoms with Gasteiger partial charge in [0.25, 0.3) is 0 Å². The zero-order chi connectivity index (χ0) is 20.5. The number of Topliss-reactive ketones (excluding diaryl/α,β-unsaturated/α-hetero) is 1. The van der Waals surface area contributed by atoms with Crippen molar-refractivity contribution in [2.24, 2.45) is 4.99 Å². The molecule has 0 fully saturated rings. The molecule has 1 N–H and O–H groups in total. The summed E-state index contributed by atoms with van der Waals surface area (Å²) >= 11 is 0. The predicted molar refractivity (Wildman–Crippen MR) is 120 cm³/mol. The molecule has 0 spiro atoms. The Kier molecular flexibility index (Phi) is 14.5. The minimum Gasteiger partial charge on any atom is -0.370 e. The van der Waals surface area contributed by atoms with Crippen molar-refractivity contribution in [3.63, 3.8) is 0 Å². The van der Waals surface area contributed by atoms with Crippen molar-refractivity contribution in [2.45, 2.75) is 103 Å². The molecule has 160 valence electrons. The number of aliphatic hydroxyl groups excluding tert-OH is 1. The van der Waals surface area contributed by atoms with Gasteiger partial charge in [-0.05, 0) is 38.2 Å². The lowest BCUT2D eigenvalue weighted by molar-refractivity contribution is -0.114. The third kappa shape index (κ3) is 10.8. The number of aliphatic hydroxyl groups is 1. The van der Waals surface area contributed by atoms with Crippen molar-refractivity contribution >= 4 is 11.6 Å². The van der Waals surface area contributed by atoms with E-state index >= 15 is 0 Å². The largest absolute Gasteiger partial charge is 0.370 e. The molecule has 0 radical (unpaired) electrons. The highest BCUT2D eigenvalue weighted by Crippen LogP contribution is 2.13. The summed E-state index contributed by atoms with van der Waals surface area (Å²) in [4.78, 5) is 18.2. The Hall–Kier alpha value is -1.42. The Bertz CT molecular complexity index is 485. The average Bonchev–Trinajstić information content (AvgIpc) is 3.20. The fourth-order valence-electron chi connectivity index (χ4n) is 3.56. The van der Waals surface area contributed by atoms with Gasteiger partial charge in [-0.3, -0.25) is 9.79 Å². The van der Waals surface area contributed by atoms with Crippen molar-refractivity contribution < 1.29 is 9.90 Å². The minimum absolute atomic E-state index is 0.0519. The van der Waals surface area contributed by atoms with Crippen molar-refractivity contribution in [1.82, 2.24) is 4.90 Å². The fourth-order valence-corrected chi connectivity index (χ4v) is 3.56. The van der Waals surface area contributed by atoms with E-state index < -0.39 is 6.23 Å². The van der Waals surface area contributed by atoms with Crippen LogP contribution in [0.2, 0.25) is 0 Å². The van der Waals surface area contributed by atoms with Crippen LogP contribution in [0.5, 0.6) is 0 Å². The summed E-state index contributed by atoms with van der Waals surface area (Å²) in [6, 6.07) is 0. The molecule has 0 saturated carbocycles. The van der Waals surface area contributed by atoms with Gasteiger partial charge in [0.05, 0.1) is 6.54 Å². The van der Waals surface area contributed by atoms with E-state index in [1.165, 1.54) is 76.7 Å². The van der Waals surface area contributed by atoms with Gasteiger partial charge in [-0.15, -0.1) is 0 Å². The van der Waals surface area contributed by atoms with Crippen LogP contribution >= 0.6 is 0 Å². The summed E-state index contributed by atoms with van der Waals surface area (Å²) in [6.07, 6.45) is 22.1. The zero-order valence-electron chi connectivity index (χ0n) is 18.1. The summed E-state index contributed by atoms with van der Waals surface area (Å²) in [5.41, 5.74) is 0. The van der Waals surface area contributed by atoms with Crippen LogP contribution in [-0.4, -0.2) is 40.9 Å². The number of unbranched alkanes of at least 4 members (excludes halogenated alkanes) is 11. The SMILES string of the molecule is C=CC(O)N1CCN=C1C(=O)CCCCCCCC=CCCCCCCCC. The number of aliphatic imine (C=N–C) groups is 1. The quantitative estimate of drug-likeness (QED) is 0.237. The van der Waals surface area contributed by atoms with Crippen LogP contribution in [0.3, 0.4) is 0 Å². The van der Waals surface area contributed by atoms with Crippen molar-refractivity contribution in [1.29, 1.82) is 0 Å². The summed E-state index contributed by atoms with van der Waals surface area (Å²) in [5, 5.41) is 9.85. The Morgan fingerprint density at radius 1 is 1.04 bits per heavy atom. The second kappa shape index (κ2) is 16.5. The van der Waals surface area contributed by atoms with Gasteiger partial charge in [-0.1, -0.05) is 77.0 Å². The number of allylic oxidation sites excluding steroid dienone is 2. The van der Waals surface area contributed by atoms with Crippen molar-refractivity contribution in [3.8, 4) is 0 Å². The number of carbonyl (C=O) groups excluding carboxylic acids is 1. The summed E-state index contributed by atoms with van der Waals surface area (Å²) < 4.78 is 0. The van der Waals surface area contributed by atoms with E-state index in [1.54, 1.807) is 4.90 Å². The first kappa shape index (κ1) is 24.6. The van der Waals surface area contributed by atoms with Gasteiger partial charge in [0, 0.05) is 13.0 Å². The number of hydrogen-bond donors (Lipinski definition) is 1. The fraction of sp³-hybridized carbons (Fsp3) is 0.750. The summed E-state index contributed by atoms with van der Waals surface area (Å²) in [6.45, 7) is 7.02. The topological polar surface area (TPSA) is 52.9 Å². The van der Waals surface area contributed by atoms with Crippen LogP contribution in [-0.2, 0) is 4.79 Å². The Balaban J connectivity index is 1.94. The van der Waals surface area contributed by atoms with Gasteiger partial charge >= 0.3 is 0 Å². The van der Waals surface area contributed by atoms with Crippen LogP contribution in [0, 0.1) is 0 Å². The van der Waals surface area contributed by atoms with Crippen LogP contribution in [0.15, 0.2) is 29.8 Å². The van der Waals surface area contributed by atoms with Gasteiger partial charge in [-0.25, -0.2) is 0 Å². The highest BCUT2D eigenvalue weighted by Gasteiger charge is 2.26. The number of hydrogen-bond acceptors (Lipinski definition) is 4. The number of amidine groups is 1. The third-order valence-electron chi connectivity index (χ3n) is 5.32. The maximum atomic E-state index is 12.3. The molecule has 0 saturated heterocycles. The lowest BCUT2D eigenvalue weighted by Crippen LogP contribution is -2.40. The molecule has 4 nitrogen and oxygen atoms in total. The molecule has 0 aromatic carbocycles. The molecule has 1 heterocycles. The van der Waals surface area contributed by atoms with E-state index in [2.05, 4.69) is 30.6 Å². The first-order valence-electron chi connectivity index (χ1n) is 11.5. The molecule has 1 atom stereocenters. The second-order valence-electron chi connectivity index (χ2n) is 7.81.